The van der Waals surface area contributed by atoms with Crippen LogP contribution in [-0.4, -0.2) is 66.7 Å². The fourth-order valence-corrected chi connectivity index (χ4v) is 2.02. The number of nitrogens with zero attached hydrogens (tertiary/aromatic N) is 3. The van der Waals surface area contributed by atoms with Crippen LogP contribution in [0.1, 0.15) is 20.8 Å². The van der Waals surface area contributed by atoms with Crippen LogP contribution in [0.15, 0.2) is 4.99 Å². The molecule has 2 aliphatic heterocycles. The van der Waals surface area contributed by atoms with E-state index in [0.29, 0.717) is 13.1 Å². The number of carbonyl (C=O) groups excluding carboxylic acids is 1. The second-order valence-electron chi connectivity index (χ2n) is 5.59. The lowest BCUT2D eigenvalue weighted by Gasteiger charge is -2.36. The highest BCUT2D eigenvalue weighted by Gasteiger charge is 2.27. The van der Waals surface area contributed by atoms with E-state index in [1.54, 1.807) is 4.90 Å². The van der Waals surface area contributed by atoms with Crippen molar-refractivity contribution < 1.29 is 9.53 Å². The number of rotatable bonds is 0. The first-order valence-corrected chi connectivity index (χ1v) is 6.47. The minimum absolute atomic E-state index is 0.219. The lowest BCUT2D eigenvalue weighted by atomic mass is 10.2. The number of hydrogen-bond acceptors (Lipinski definition) is 5. The monoisotopic (exact) mass is 254 g/mol. The molecule has 0 atom stereocenters. The Bertz CT molecular complexity index is 340. The van der Waals surface area contributed by atoms with Crippen molar-refractivity contribution in [2.24, 2.45) is 4.99 Å². The Morgan fingerprint density at radius 1 is 1.28 bits per heavy atom. The number of ether oxygens (including phenoxy) is 1. The van der Waals surface area contributed by atoms with Crippen molar-refractivity contribution >= 4 is 12.1 Å². The lowest BCUT2D eigenvalue weighted by Crippen LogP contribution is -2.53. The van der Waals surface area contributed by atoms with Crippen LogP contribution in [0.2, 0.25) is 0 Å². The van der Waals surface area contributed by atoms with Crippen LogP contribution >= 0.6 is 0 Å². The van der Waals surface area contributed by atoms with E-state index in [-0.39, 0.29) is 6.09 Å². The van der Waals surface area contributed by atoms with Gasteiger partial charge in [-0.25, -0.2) is 4.79 Å². The average molecular weight is 254 g/mol. The molecule has 0 aromatic heterocycles. The highest BCUT2D eigenvalue weighted by atomic mass is 16.6. The molecule has 0 unspecified atom stereocenters. The van der Waals surface area contributed by atoms with Crippen molar-refractivity contribution in [2.45, 2.75) is 26.4 Å². The molecule has 0 aromatic rings. The molecule has 6 heteroatoms. The van der Waals surface area contributed by atoms with Gasteiger partial charge in [-0.1, -0.05) is 0 Å². The van der Waals surface area contributed by atoms with Gasteiger partial charge in [0, 0.05) is 32.7 Å². The molecule has 0 aromatic carbocycles. The van der Waals surface area contributed by atoms with E-state index >= 15 is 0 Å². The van der Waals surface area contributed by atoms with E-state index < -0.39 is 5.60 Å². The highest BCUT2D eigenvalue weighted by molar-refractivity contribution is 5.81. The Morgan fingerprint density at radius 3 is 2.44 bits per heavy atom. The molecule has 1 amide bonds. The van der Waals surface area contributed by atoms with E-state index in [1.807, 2.05) is 20.8 Å². The molecule has 1 fully saturated rings. The zero-order valence-corrected chi connectivity index (χ0v) is 11.4. The average Bonchev–Trinajstić information content (AvgIpc) is 2.80. The molecule has 102 valence electrons. The van der Waals surface area contributed by atoms with Gasteiger partial charge in [-0.05, 0) is 20.8 Å². The summed E-state index contributed by atoms with van der Waals surface area (Å²) in [6.45, 7) is 10.4. The van der Waals surface area contributed by atoms with E-state index in [1.165, 1.54) is 0 Å². The van der Waals surface area contributed by atoms with Crippen LogP contribution in [0.4, 0.5) is 4.79 Å². The van der Waals surface area contributed by atoms with Crippen LogP contribution < -0.4 is 5.32 Å². The van der Waals surface area contributed by atoms with Gasteiger partial charge < -0.3 is 19.9 Å². The summed E-state index contributed by atoms with van der Waals surface area (Å²) in [5.74, 6) is 0.971. The molecular formula is C12H22N4O2. The van der Waals surface area contributed by atoms with Crippen LogP contribution in [0, 0.1) is 0 Å². The predicted octanol–water partition coefficient (Wildman–Crippen LogP) is 0.498. The molecule has 1 saturated heterocycles. The van der Waals surface area contributed by atoms with Gasteiger partial charge in [-0.3, -0.25) is 4.99 Å². The first-order valence-electron chi connectivity index (χ1n) is 6.47. The third-order valence-electron chi connectivity index (χ3n) is 2.89. The number of carbonyl (C=O) groups is 1. The number of guanidine groups is 1. The van der Waals surface area contributed by atoms with Crippen molar-refractivity contribution in [3.05, 3.63) is 0 Å². The summed E-state index contributed by atoms with van der Waals surface area (Å²) in [5, 5.41) is 3.25. The van der Waals surface area contributed by atoms with Crippen molar-refractivity contribution in [1.29, 1.82) is 0 Å². The quantitative estimate of drug-likeness (QED) is 0.684. The van der Waals surface area contributed by atoms with E-state index in [9.17, 15) is 4.79 Å². The zero-order chi connectivity index (χ0) is 13.2. The Kier molecular flexibility index (Phi) is 3.63. The van der Waals surface area contributed by atoms with E-state index in [4.69, 9.17) is 4.74 Å². The largest absolute Gasteiger partial charge is 0.444 e. The van der Waals surface area contributed by atoms with Crippen molar-refractivity contribution in [3.63, 3.8) is 0 Å². The maximum absolute atomic E-state index is 11.9. The third-order valence-corrected chi connectivity index (χ3v) is 2.89. The molecule has 1 N–H and O–H groups in total. The summed E-state index contributed by atoms with van der Waals surface area (Å²) in [5.41, 5.74) is -0.425. The second kappa shape index (κ2) is 5.04. The molecule has 0 aliphatic carbocycles. The second-order valence-corrected chi connectivity index (χ2v) is 5.59. The van der Waals surface area contributed by atoms with Crippen molar-refractivity contribution in [2.75, 3.05) is 39.3 Å². The number of nitrogens with one attached hydrogen (secondary N) is 1. The Labute approximate surface area is 108 Å². The molecule has 18 heavy (non-hydrogen) atoms. The maximum Gasteiger partial charge on any atom is 0.410 e. The number of aliphatic imine (C=N–C) groups is 1. The standard InChI is InChI=1S/C12H22N4O2/c1-12(2,3)18-11(17)16-8-6-15(7-9-16)10-13-4-5-14-10/h4-9H2,1-3H3,(H,13,14). The normalized spacial score (nSPS) is 20.5. The van der Waals surface area contributed by atoms with Crippen molar-refractivity contribution in [3.8, 4) is 0 Å². The molecule has 0 spiro atoms. The highest BCUT2D eigenvalue weighted by Crippen LogP contribution is 2.12. The molecule has 2 heterocycles. The van der Waals surface area contributed by atoms with Gasteiger partial charge >= 0.3 is 6.09 Å². The minimum atomic E-state index is -0.425. The predicted molar refractivity (Wildman–Crippen MR) is 69.7 cm³/mol. The molecule has 6 nitrogen and oxygen atoms in total. The summed E-state index contributed by atoms with van der Waals surface area (Å²) in [4.78, 5) is 20.2. The van der Waals surface area contributed by atoms with Gasteiger partial charge in [0.05, 0.1) is 6.54 Å². The van der Waals surface area contributed by atoms with Gasteiger partial charge in [0.25, 0.3) is 0 Å². The lowest BCUT2D eigenvalue weighted by molar-refractivity contribution is 0.0186. The fraction of sp³-hybridized carbons (Fsp3) is 0.833. The molecule has 0 saturated carbocycles. The van der Waals surface area contributed by atoms with Crippen LogP contribution in [0.5, 0.6) is 0 Å². The molecule has 0 radical (unpaired) electrons. The number of amides is 1. The summed E-state index contributed by atoms with van der Waals surface area (Å²) in [6.07, 6.45) is -0.219. The van der Waals surface area contributed by atoms with Crippen molar-refractivity contribution in [1.82, 2.24) is 15.1 Å². The first kappa shape index (κ1) is 13.0. The Hall–Kier alpha value is -1.46. The van der Waals surface area contributed by atoms with Gasteiger partial charge in [0.2, 0.25) is 0 Å². The van der Waals surface area contributed by atoms with Gasteiger partial charge in [0.15, 0.2) is 5.96 Å². The molecule has 2 aliphatic rings. The topological polar surface area (TPSA) is 57.2 Å². The summed E-state index contributed by atoms with van der Waals surface area (Å²) < 4.78 is 5.36. The molecule has 0 bridgehead atoms. The third kappa shape index (κ3) is 3.27. The van der Waals surface area contributed by atoms with Crippen LogP contribution in [0.3, 0.4) is 0 Å². The number of piperazine rings is 1. The Balaban J connectivity index is 1.81. The van der Waals surface area contributed by atoms with Crippen LogP contribution in [0.25, 0.3) is 0 Å². The molecular weight excluding hydrogens is 232 g/mol. The SMILES string of the molecule is CC(C)(C)OC(=O)N1CCN(C2=NCCN2)CC1. The minimum Gasteiger partial charge on any atom is -0.444 e. The first-order chi connectivity index (χ1) is 8.46. The fourth-order valence-electron chi connectivity index (χ4n) is 2.02. The van der Waals surface area contributed by atoms with Gasteiger partial charge in [-0.2, -0.15) is 0 Å². The molecule has 2 rings (SSSR count). The van der Waals surface area contributed by atoms with E-state index in [2.05, 4.69) is 15.2 Å². The van der Waals surface area contributed by atoms with Gasteiger partial charge in [-0.15, -0.1) is 0 Å². The summed E-state index contributed by atoms with van der Waals surface area (Å²) in [6, 6.07) is 0. The van der Waals surface area contributed by atoms with E-state index in [0.717, 1.165) is 32.1 Å². The maximum atomic E-state index is 11.9. The van der Waals surface area contributed by atoms with Gasteiger partial charge in [0.1, 0.15) is 5.60 Å². The zero-order valence-electron chi connectivity index (χ0n) is 11.4. The summed E-state index contributed by atoms with van der Waals surface area (Å²) in [7, 11) is 0. The smallest absolute Gasteiger partial charge is 0.410 e. The number of hydrogen-bond donors (Lipinski definition) is 1. The van der Waals surface area contributed by atoms with Crippen LogP contribution in [-0.2, 0) is 4.74 Å². The summed E-state index contributed by atoms with van der Waals surface area (Å²) >= 11 is 0. The Morgan fingerprint density at radius 2 is 1.94 bits per heavy atom.